The minimum atomic E-state index is -0.576. The Morgan fingerprint density at radius 2 is 2.00 bits per heavy atom. The van der Waals surface area contributed by atoms with Crippen LogP contribution in [0.1, 0.15) is 33.6 Å². The second-order valence-corrected chi connectivity index (χ2v) is 4.23. The highest BCUT2D eigenvalue weighted by Gasteiger charge is 2.51. The molecule has 12 heavy (non-hydrogen) atoms. The van der Waals surface area contributed by atoms with Gasteiger partial charge in [-0.15, -0.1) is 6.42 Å². The third-order valence-corrected chi connectivity index (χ3v) is 1.82. The van der Waals surface area contributed by atoms with Crippen LogP contribution in [0.5, 0.6) is 0 Å². The molecular weight excluding hydrogens is 152 g/mol. The van der Waals surface area contributed by atoms with Crippen LogP contribution in [-0.2, 0) is 9.53 Å². The Labute approximate surface area is 73.3 Å². The third kappa shape index (κ3) is 1.79. The molecule has 0 aliphatic heterocycles. The lowest BCUT2D eigenvalue weighted by molar-refractivity contribution is -0.159. The number of hydrogen-bond acceptors (Lipinski definition) is 2. The van der Waals surface area contributed by atoms with Crippen LogP contribution in [0.25, 0.3) is 0 Å². The van der Waals surface area contributed by atoms with E-state index in [1.54, 1.807) is 0 Å². The van der Waals surface area contributed by atoms with Crippen LogP contribution in [-0.4, -0.2) is 11.6 Å². The minimum absolute atomic E-state index is 0.238. The molecule has 66 valence electrons. The number of ether oxygens (including phenoxy) is 1. The Kier molecular flexibility index (Phi) is 1.91. The maximum Gasteiger partial charge on any atom is 0.324 e. The molecular formula is C10H14O2. The van der Waals surface area contributed by atoms with Gasteiger partial charge >= 0.3 is 5.97 Å². The summed E-state index contributed by atoms with van der Waals surface area (Å²) in [5.74, 6) is 2.26. The largest absolute Gasteiger partial charge is 0.459 e. The second kappa shape index (κ2) is 2.52. The van der Waals surface area contributed by atoms with Gasteiger partial charge in [0.15, 0.2) is 0 Å². The zero-order valence-electron chi connectivity index (χ0n) is 7.81. The van der Waals surface area contributed by atoms with Crippen LogP contribution in [0.4, 0.5) is 0 Å². The first-order valence-corrected chi connectivity index (χ1v) is 4.11. The van der Waals surface area contributed by atoms with Crippen molar-refractivity contribution in [2.75, 3.05) is 0 Å². The van der Waals surface area contributed by atoms with Crippen molar-refractivity contribution in [3.8, 4) is 12.3 Å². The SMILES string of the molecule is C#CC1(C(=O)OC(C)(C)C)CC1. The standard InChI is InChI=1S/C10H14O2/c1-5-10(6-7-10)8(11)12-9(2,3)4/h1H,6-7H2,2-4H3. The quantitative estimate of drug-likeness (QED) is 0.438. The van der Waals surface area contributed by atoms with Gasteiger partial charge in [0.25, 0.3) is 0 Å². The lowest BCUT2D eigenvalue weighted by Gasteiger charge is -2.21. The molecule has 1 saturated carbocycles. The fraction of sp³-hybridized carbons (Fsp3) is 0.700. The lowest BCUT2D eigenvalue weighted by atomic mass is 10.1. The molecule has 1 fully saturated rings. The van der Waals surface area contributed by atoms with Crippen LogP contribution < -0.4 is 0 Å². The van der Waals surface area contributed by atoms with Gasteiger partial charge in [0.05, 0.1) is 0 Å². The Balaban J connectivity index is 2.57. The molecule has 0 bridgehead atoms. The van der Waals surface area contributed by atoms with Gasteiger partial charge in [-0.3, -0.25) is 4.79 Å². The highest BCUT2D eigenvalue weighted by molar-refractivity contribution is 5.83. The van der Waals surface area contributed by atoms with Crippen molar-refractivity contribution < 1.29 is 9.53 Å². The average Bonchev–Trinajstić information content (AvgIpc) is 2.62. The number of hydrogen-bond donors (Lipinski definition) is 0. The number of terminal acetylenes is 1. The molecule has 0 aromatic carbocycles. The average molecular weight is 166 g/mol. The van der Waals surface area contributed by atoms with Crippen molar-refractivity contribution in [3.63, 3.8) is 0 Å². The summed E-state index contributed by atoms with van der Waals surface area (Å²) in [6, 6.07) is 0. The van der Waals surface area contributed by atoms with Crippen LogP contribution in [0.2, 0.25) is 0 Å². The van der Waals surface area contributed by atoms with Crippen molar-refractivity contribution in [3.05, 3.63) is 0 Å². The number of esters is 1. The Hall–Kier alpha value is -0.970. The number of carbonyl (C=O) groups is 1. The minimum Gasteiger partial charge on any atom is -0.459 e. The summed E-state index contributed by atoms with van der Waals surface area (Å²) in [7, 11) is 0. The Bertz CT molecular complexity index is 236. The summed E-state index contributed by atoms with van der Waals surface area (Å²) in [6.07, 6.45) is 6.79. The van der Waals surface area contributed by atoms with E-state index < -0.39 is 11.0 Å². The Morgan fingerprint density at radius 1 is 1.50 bits per heavy atom. The molecule has 0 N–H and O–H groups in total. The van der Waals surface area contributed by atoms with E-state index >= 15 is 0 Å². The molecule has 0 aromatic rings. The molecule has 0 aromatic heterocycles. The normalized spacial score (nSPS) is 19.5. The molecule has 0 unspecified atom stereocenters. The van der Waals surface area contributed by atoms with E-state index in [-0.39, 0.29) is 5.97 Å². The zero-order chi connectivity index (χ0) is 9.41. The number of rotatable bonds is 1. The summed E-state index contributed by atoms with van der Waals surface area (Å²) in [5.41, 5.74) is -1.00. The molecule has 0 amide bonds. The summed E-state index contributed by atoms with van der Waals surface area (Å²) < 4.78 is 5.17. The van der Waals surface area contributed by atoms with E-state index in [2.05, 4.69) is 5.92 Å². The summed E-state index contributed by atoms with van der Waals surface area (Å²) >= 11 is 0. The molecule has 0 radical (unpaired) electrons. The van der Waals surface area contributed by atoms with Crippen molar-refractivity contribution in [1.82, 2.24) is 0 Å². The van der Waals surface area contributed by atoms with E-state index in [0.29, 0.717) is 0 Å². The summed E-state index contributed by atoms with van der Waals surface area (Å²) in [4.78, 5) is 11.4. The fourth-order valence-electron chi connectivity index (χ4n) is 0.908. The molecule has 2 nitrogen and oxygen atoms in total. The van der Waals surface area contributed by atoms with Gasteiger partial charge in [0.2, 0.25) is 0 Å². The molecule has 0 atom stereocenters. The molecule has 0 saturated heterocycles. The van der Waals surface area contributed by atoms with Crippen molar-refractivity contribution in [1.29, 1.82) is 0 Å². The zero-order valence-corrected chi connectivity index (χ0v) is 7.81. The Morgan fingerprint density at radius 3 is 2.25 bits per heavy atom. The molecule has 0 heterocycles. The van der Waals surface area contributed by atoms with Gasteiger partial charge in [-0.25, -0.2) is 0 Å². The topological polar surface area (TPSA) is 26.3 Å². The van der Waals surface area contributed by atoms with Crippen molar-refractivity contribution >= 4 is 5.97 Å². The smallest absolute Gasteiger partial charge is 0.324 e. The van der Waals surface area contributed by atoms with Crippen LogP contribution in [0.15, 0.2) is 0 Å². The van der Waals surface area contributed by atoms with Crippen molar-refractivity contribution in [2.45, 2.75) is 39.2 Å². The highest BCUT2D eigenvalue weighted by Crippen LogP contribution is 2.46. The van der Waals surface area contributed by atoms with E-state index in [0.717, 1.165) is 12.8 Å². The van der Waals surface area contributed by atoms with Gasteiger partial charge in [-0.05, 0) is 33.6 Å². The number of carbonyl (C=O) groups excluding carboxylic acids is 1. The first kappa shape index (κ1) is 9.12. The lowest BCUT2D eigenvalue weighted by Crippen LogP contribution is -2.28. The van der Waals surface area contributed by atoms with Crippen LogP contribution in [0, 0.1) is 17.8 Å². The third-order valence-electron chi connectivity index (χ3n) is 1.82. The molecule has 1 rings (SSSR count). The molecule has 2 heteroatoms. The van der Waals surface area contributed by atoms with Gasteiger partial charge < -0.3 is 4.74 Å². The molecule has 0 spiro atoms. The van der Waals surface area contributed by atoms with Gasteiger partial charge in [-0.1, -0.05) is 5.92 Å². The van der Waals surface area contributed by atoms with Crippen molar-refractivity contribution in [2.24, 2.45) is 5.41 Å². The maximum absolute atomic E-state index is 11.4. The summed E-state index contributed by atoms with van der Waals surface area (Å²) in [5, 5.41) is 0. The maximum atomic E-state index is 11.4. The van der Waals surface area contributed by atoms with Gasteiger partial charge in [0.1, 0.15) is 11.0 Å². The first-order chi connectivity index (χ1) is 5.40. The fourth-order valence-corrected chi connectivity index (χ4v) is 0.908. The van der Waals surface area contributed by atoms with E-state index in [4.69, 9.17) is 11.2 Å². The second-order valence-electron chi connectivity index (χ2n) is 4.23. The molecule has 1 aliphatic carbocycles. The highest BCUT2D eigenvalue weighted by atomic mass is 16.6. The van der Waals surface area contributed by atoms with Gasteiger partial charge in [0, 0.05) is 0 Å². The van der Waals surface area contributed by atoms with Gasteiger partial charge in [-0.2, -0.15) is 0 Å². The van der Waals surface area contributed by atoms with E-state index in [9.17, 15) is 4.79 Å². The predicted molar refractivity (Wildman–Crippen MR) is 46.3 cm³/mol. The first-order valence-electron chi connectivity index (χ1n) is 4.11. The van der Waals surface area contributed by atoms with Crippen LogP contribution >= 0.6 is 0 Å². The van der Waals surface area contributed by atoms with E-state index in [1.165, 1.54) is 0 Å². The molecule has 1 aliphatic rings. The summed E-state index contributed by atoms with van der Waals surface area (Å²) in [6.45, 7) is 5.53. The van der Waals surface area contributed by atoms with Crippen LogP contribution in [0.3, 0.4) is 0 Å². The monoisotopic (exact) mass is 166 g/mol. The van der Waals surface area contributed by atoms with E-state index in [1.807, 2.05) is 20.8 Å². The predicted octanol–water partition coefficient (Wildman–Crippen LogP) is 1.74.